The number of amides is 1. The zero-order valence-corrected chi connectivity index (χ0v) is 12.5. The van der Waals surface area contributed by atoms with Crippen molar-refractivity contribution < 1.29 is 9.18 Å². The summed E-state index contributed by atoms with van der Waals surface area (Å²) >= 11 is 0. The van der Waals surface area contributed by atoms with Crippen LogP contribution in [0.4, 0.5) is 15.9 Å². The van der Waals surface area contributed by atoms with Crippen molar-refractivity contribution >= 4 is 17.4 Å². The molecule has 2 aromatic rings. The summed E-state index contributed by atoms with van der Waals surface area (Å²) in [6.45, 7) is 2.74. The molecule has 1 amide bonds. The van der Waals surface area contributed by atoms with Gasteiger partial charge in [0.2, 0.25) is 0 Å². The minimum atomic E-state index is -0.340. The number of benzene rings is 1. The van der Waals surface area contributed by atoms with Crippen LogP contribution < -0.4 is 10.6 Å². The smallest absolute Gasteiger partial charge is 0.270 e. The number of aromatic nitrogens is 2. The monoisotopic (exact) mass is 302 g/mol. The summed E-state index contributed by atoms with van der Waals surface area (Å²) in [5.41, 5.74) is 0.846. The quantitative estimate of drug-likeness (QED) is 0.770. The van der Waals surface area contributed by atoms with Gasteiger partial charge in [0.25, 0.3) is 5.91 Å². The molecule has 0 saturated carbocycles. The molecule has 22 heavy (non-hydrogen) atoms. The molecular weight excluding hydrogens is 283 g/mol. The second-order valence-corrected chi connectivity index (χ2v) is 4.89. The predicted octanol–water partition coefficient (Wildman–Crippen LogP) is 3.28. The van der Waals surface area contributed by atoms with Crippen LogP contribution in [0.5, 0.6) is 0 Å². The Bertz CT molecular complexity index is 633. The number of carbonyl (C=O) groups is 1. The van der Waals surface area contributed by atoms with E-state index in [1.54, 1.807) is 18.2 Å². The lowest BCUT2D eigenvalue weighted by molar-refractivity contribution is 0.0948. The molecule has 0 saturated heterocycles. The van der Waals surface area contributed by atoms with E-state index in [-0.39, 0.29) is 17.4 Å². The highest BCUT2D eigenvalue weighted by atomic mass is 19.1. The molecule has 0 radical (unpaired) electrons. The Labute approximate surface area is 129 Å². The highest BCUT2D eigenvalue weighted by Gasteiger charge is 2.08. The number of unbranched alkanes of at least 4 members (excludes halogenated alkanes) is 2. The summed E-state index contributed by atoms with van der Waals surface area (Å²) in [5.74, 6) is -0.131. The van der Waals surface area contributed by atoms with Gasteiger partial charge in [0.15, 0.2) is 0 Å². The van der Waals surface area contributed by atoms with Gasteiger partial charge in [0.05, 0.1) is 0 Å². The van der Waals surface area contributed by atoms with E-state index in [9.17, 15) is 9.18 Å². The van der Waals surface area contributed by atoms with E-state index >= 15 is 0 Å². The number of halogens is 1. The maximum Gasteiger partial charge on any atom is 0.270 e. The zero-order chi connectivity index (χ0) is 15.8. The van der Waals surface area contributed by atoms with E-state index in [2.05, 4.69) is 27.5 Å². The first-order valence-corrected chi connectivity index (χ1v) is 7.32. The van der Waals surface area contributed by atoms with Gasteiger partial charge in [0.1, 0.15) is 23.7 Å². The van der Waals surface area contributed by atoms with Gasteiger partial charge in [-0.05, 0) is 24.6 Å². The van der Waals surface area contributed by atoms with Crippen molar-refractivity contribution in [3.63, 3.8) is 0 Å². The van der Waals surface area contributed by atoms with Gasteiger partial charge in [-0.2, -0.15) is 0 Å². The van der Waals surface area contributed by atoms with Crippen molar-refractivity contribution in [3.8, 4) is 0 Å². The van der Waals surface area contributed by atoms with Crippen LogP contribution in [0.2, 0.25) is 0 Å². The minimum absolute atomic E-state index is 0.235. The summed E-state index contributed by atoms with van der Waals surface area (Å²) in [7, 11) is 0. The zero-order valence-electron chi connectivity index (χ0n) is 12.5. The number of rotatable bonds is 7. The van der Waals surface area contributed by atoms with Crippen molar-refractivity contribution in [1.82, 2.24) is 15.3 Å². The Morgan fingerprint density at radius 1 is 1.23 bits per heavy atom. The lowest BCUT2D eigenvalue weighted by atomic mass is 10.2. The molecule has 0 atom stereocenters. The van der Waals surface area contributed by atoms with E-state index in [1.165, 1.54) is 18.5 Å². The molecule has 0 aliphatic heterocycles. The molecule has 2 N–H and O–H groups in total. The molecule has 6 heteroatoms. The molecule has 0 unspecified atom stereocenters. The van der Waals surface area contributed by atoms with Crippen LogP contribution in [0.1, 0.15) is 36.7 Å². The second-order valence-electron chi connectivity index (χ2n) is 4.89. The Kier molecular flexibility index (Phi) is 5.82. The molecule has 1 aromatic heterocycles. The number of nitrogens with zero attached hydrogens (tertiary/aromatic N) is 2. The highest BCUT2D eigenvalue weighted by molar-refractivity contribution is 5.92. The van der Waals surface area contributed by atoms with Crippen LogP contribution >= 0.6 is 0 Å². The highest BCUT2D eigenvalue weighted by Crippen LogP contribution is 2.15. The van der Waals surface area contributed by atoms with Gasteiger partial charge in [-0.25, -0.2) is 14.4 Å². The van der Waals surface area contributed by atoms with Crippen LogP contribution in [0, 0.1) is 5.82 Å². The van der Waals surface area contributed by atoms with E-state index in [0.29, 0.717) is 18.1 Å². The lowest BCUT2D eigenvalue weighted by Gasteiger charge is -2.07. The number of nitrogens with one attached hydrogen (secondary N) is 2. The molecule has 0 aliphatic rings. The van der Waals surface area contributed by atoms with Gasteiger partial charge >= 0.3 is 0 Å². The molecule has 0 fully saturated rings. The summed E-state index contributed by atoms with van der Waals surface area (Å²) in [6.07, 6.45) is 4.44. The van der Waals surface area contributed by atoms with Gasteiger partial charge in [-0.1, -0.05) is 25.8 Å². The molecule has 1 aromatic carbocycles. The Balaban J connectivity index is 1.98. The molecule has 0 aliphatic carbocycles. The maximum absolute atomic E-state index is 13.1. The van der Waals surface area contributed by atoms with Gasteiger partial charge in [-0.15, -0.1) is 0 Å². The first-order chi connectivity index (χ1) is 10.7. The van der Waals surface area contributed by atoms with Crippen molar-refractivity contribution in [1.29, 1.82) is 0 Å². The molecule has 5 nitrogen and oxygen atoms in total. The van der Waals surface area contributed by atoms with Crippen molar-refractivity contribution in [2.24, 2.45) is 0 Å². The number of hydrogen-bond acceptors (Lipinski definition) is 4. The molecule has 0 spiro atoms. The van der Waals surface area contributed by atoms with Crippen LogP contribution in [0.15, 0.2) is 36.7 Å². The molecule has 2 rings (SSSR count). The second kappa shape index (κ2) is 8.07. The van der Waals surface area contributed by atoms with Crippen molar-refractivity contribution in [2.75, 3.05) is 11.9 Å². The summed E-state index contributed by atoms with van der Waals surface area (Å²) in [5, 5.41) is 5.76. The third-order valence-corrected chi connectivity index (χ3v) is 3.06. The van der Waals surface area contributed by atoms with Crippen LogP contribution in [0.3, 0.4) is 0 Å². The van der Waals surface area contributed by atoms with Gasteiger partial charge in [-0.3, -0.25) is 4.79 Å². The van der Waals surface area contributed by atoms with Crippen LogP contribution in [-0.4, -0.2) is 22.4 Å². The molecule has 116 valence electrons. The van der Waals surface area contributed by atoms with E-state index in [1.807, 2.05) is 0 Å². The summed E-state index contributed by atoms with van der Waals surface area (Å²) in [4.78, 5) is 20.0. The van der Waals surface area contributed by atoms with Crippen LogP contribution in [0.25, 0.3) is 0 Å². The number of anilines is 2. The fraction of sp³-hybridized carbons (Fsp3) is 0.312. The van der Waals surface area contributed by atoms with Gasteiger partial charge < -0.3 is 10.6 Å². The van der Waals surface area contributed by atoms with Crippen LogP contribution in [-0.2, 0) is 0 Å². The average Bonchev–Trinajstić information content (AvgIpc) is 2.52. The third kappa shape index (κ3) is 4.80. The van der Waals surface area contributed by atoms with Crippen molar-refractivity contribution in [2.45, 2.75) is 26.2 Å². The standard InChI is InChI=1S/C16H19FN4O/c1-2-3-4-8-18-16(22)14-10-15(20-11-19-14)21-13-7-5-6-12(17)9-13/h5-7,9-11H,2-4,8H2,1H3,(H,18,22)(H,19,20,21). The fourth-order valence-electron chi connectivity index (χ4n) is 1.93. The summed E-state index contributed by atoms with van der Waals surface area (Å²) < 4.78 is 13.1. The van der Waals surface area contributed by atoms with E-state index in [4.69, 9.17) is 0 Å². The molecule has 0 bridgehead atoms. The fourth-order valence-corrected chi connectivity index (χ4v) is 1.93. The summed E-state index contributed by atoms with van der Waals surface area (Å²) in [6, 6.07) is 7.57. The average molecular weight is 302 g/mol. The number of carbonyl (C=O) groups excluding carboxylic acids is 1. The first kappa shape index (κ1) is 15.9. The SMILES string of the molecule is CCCCCNC(=O)c1cc(Nc2cccc(F)c2)ncn1. The maximum atomic E-state index is 13.1. The normalized spacial score (nSPS) is 10.3. The Morgan fingerprint density at radius 3 is 2.86 bits per heavy atom. The Morgan fingerprint density at radius 2 is 2.09 bits per heavy atom. The van der Waals surface area contributed by atoms with E-state index in [0.717, 1.165) is 19.3 Å². The molecular formula is C16H19FN4O. The minimum Gasteiger partial charge on any atom is -0.351 e. The van der Waals surface area contributed by atoms with E-state index < -0.39 is 0 Å². The van der Waals surface area contributed by atoms with Crippen molar-refractivity contribution in [3.05, 3.63) is 48.2 Å². The van der Waals surface area contributed by atoms with Gasteiger partial charge in [0, 0.05) is 18.3 Å². The Hall–Kier alpha value is -2.50. The predicted molar refractivity (Wildman–Crippen MR) is 83.6 cm³/mol. The largest absolute Gasteiger partial charge is 0.351 e. The lowest BCUT2D eigenvalue weighted by Crippen LogP contribution is -2.25. The third-order valence-electron chi connectivity index (χ3n) is 3.06. The molecule has 1 heterocycles. The topological polar surface area (TPSA) is 66.9 Å². The first-order valence-electron chi connectivity index (χ1n) is 7.32. The number of hydrogen-bond donors (Lipinski definition) is 2.